The third kappa shape index (κ3) is 3.89. The van der Waals surface area contributed by atoms with Gasteiger partial charge in [0.05, 0.1) is 12.6 Å². The molecule has 1 N–H and O–H groups in total. The number of carbonyl (C=O) groups excluding carboxylic acids is 1. The van der Waals surface area contributed by atoms with E-state index in [2.05, 4.69) is 5.32 Å². The van der Waals surface area contributed by atoms with Crippen LogP contribution >= 0.6 is 0 Å². The van der Waals surface area contributed by atoms with Gasteiger partial charge in [0.1, 0.15) is 11.5 Å². The Morgan fingerprint density at radius 1 is 1.41 bits per heavy atom. The van der Waals surface area contributed by atoms with Gasteiger partial charge in [0.25, 0.3) is 0 Å². The minimum absolute atomic E-state index is 0.0585. The molecule has 1 atom stereocenters. The van der Waals surface area contributed by atoms with Crippen molar-refractivity contribution in [2.45, 2.75) is 33.7 Å². The number of carbonyl (C=O) groups is 1. The summed E-state index contributed by atoms with van der Waals surface area (Å²) in [7, 11) is 0. The molecule has 0 aliphatic rings. The van der Waals surface area contributed by atoms with E-state index in [-0.39, 0.29) is 11.9 Å². The molecule has 1 heterocycles. The van der Waals surface area contributed by atoms with Gasteiger partial charge in [-0.2, -0.15) is 0 Å². The fourth-order valence-electron chi connectivity index (χ4n) is 1.72. The van der Waals surface area contributed by atoms with Gasteiger partial charge in [0, 0.05) is 13.1 Å². The molecule has 4 nitrogen and oxygen atoms in total. The molecule has 0 spiro atoms. The first-order chi connectivity index (χ1) is 8.08. The number of hydrogen-bond acceptors (Lipinski definition) is 3. The van der Waals surface area contributed by atoms with Crippen molar-refractivity contribution in [1.29, 1.82) is 0 Å². The van der Waals surface area contributed by atoms with Crippen LogP contribution in [0.5, 0.6) is 0 Å². The molecule has 1 unspecified atom stereocenters. The van der Waals surface area contributed by atoms with Gasteiger partial charge in [-0.05, 0) is 39.8 Å². The average Bonchev–Trinajstić information content (AvgIpc) is 2.74. The van der Waals surface area contributed by atoms with E-state index in [0.29, 0.717) is 6.54 Å². The van der Waals surface area contributed by atoms with Gasteiger partial charge in [0.2, 0.25) is 5.91 Å². The molecule has 4 heteroatoms. The number of nitrogens with zero attached hydrogens (tertiary/aromatic N) is 1. The molecule has 0 aliphatic carbocycles. The molecule has 1 aromatic heterocycles. The van der Waals surface area contributed by atoms with Crippen molar-refractivity contribution < 1.29 is 9.21 Å². The van der Waals surface area contributed by atoms with Crippen molar-refractivity contribution in [3.8, 4) is 0 Å². The minimum Gasteiger partial charge on any atom is -0.465 e. The Morgan fingerprint density at radius 3 is 2.53 bits per heavy atom. The SMILES string of the molecule is CCN(CC)C(=O)CNC(C)c1ccc(C)o1. The Labute approximate surface area is 103 Å². The zero-order valence-corrected chi connectivity index (χ0v) is 11.1. The Kier molecular flexibility index (Phi) is 5.22. The largest absolute Gasteiger partial charge is 0.465 e. The first-order valence-corrected chi connectivity index (χ1v) is 6.16. The maximum Gasteiger partial charge on any atom is 0.236 e. The number of hydrogen-bond donors (Lipinski definition) is 1. The molecule has 0 saturated heterocycles. The number of likely N-dealkylation sites (N-methyl/N-ethyl adjacent to an activating group) is 1. The fraction of sp³-hybridized carbons (Fsp3) is 0.615. The number of nitrogens with one attached hydrogen (secondary N) is 1. The Balaban J connectivity index is 2.43. The van der Waals surface area contributed by atoms with Gasteiger partial charge in [-0.15, -0.1) is 0 Å². The third-order valence-corrected chi connectivity index (χ3v) is 2.86. The number of furan rings is 1. The van der Waals surface area contributed by atoms with E-state index in [1.54, 1.807) is 0 Å². The van der Waals surface area contributed by atoms with Crippen LogP contribution in [0.2, 0.25) is 0 Å². The van der Waals surface area contributed by atoms with Crippen LogP contribution in [0, 0.1) is 6.92 Å². The lowest BCUT2D eigenvalue weighted by Gasteiger charge is -2.20. The Morgan fingerprint density at radius 2 is 2.06 bits per heavy atom. The van der Waals surface area contributed by atoms with E-state index in [4.69, 9.17) is 4.42 Å². The van der Waals surface area contributed by atoms with E-state index in [0.717, 1.165) is 24.6 Å². The van der Waals surface area contributed by atoms with Crippen LogP contribution in [0.4, 0.5) is 0 Å². The molecule has 0 fully saturated rings. The van der Waals surface area contributed by atoms with Crippen LogP contribution in [0.25, 0.3) is 0 Å². The van der Waals surface area contributed by atoms with E-state index < -0.39 is 0 Å². The summed E-state index contributed by atoms with van der Waals surface area (Å²) in [4.78, 5) is 13.6. The normalized spacial score (nSPS) is 12.5. The van der Waals surface area contributed by atoms with Crippen molar-refractivity contribution in [1.82, 2.24) is 10.2 Å². The van der Waals surface area contributed by atoms with Gasteiger partial charge in [-0.3, -0.25) is 10.1 Å². The predicted octanol–water partition coefficient (Wildman–Crippen LogP) is 2.11. The number of aryl methyl sites for hydroxylation is 1. The summed E-state index contributed by atoms with van der Waals surface area (Å²) < 4.78 is 5.50. The van der Waals surface area contributed by atoms with Crippen LogP contribution in [0.15, 0.2) is 16.5 Å². The summed E-state index contributed by atoms with van der Waals surface area (Å²) in [5, 5.41) is 3.18. The predicted molar refractivity (Wildman–Crippen MR) is 67.8 cm³/mol. The van der Waals surface area contributed by atoms with E-state index in [1.807, 2.05) is 44.7 Å². The summed E-state index contributed by atoms with van der Waals surface area (Å²) in [6, 6.07) is 3.93. The molecule has 0 saturated carbocycles. The first kappa shape index (κ1) is 13.8. The molecular weight excluding hydrogens is 216 g/mol. The van der Waals surface area contributed by atoms with Crippen molar-refractivity contribution in [3.05, 3.63) is 23.7 Å². The molecular formula is C13H22N2O2. The van der Waals surface area contributed by atoms with Gasteiger partial charge in [0.15, 0.2) is 0 Å². The van der Waals surface area contributed by atoms with Crippen LogP contribution in [-0.4, -0.2) is 30.4 Å². The van der Waals surface area contributed by atoms with E-state index in [1.165, 1.54) is 0 Å². The molecule has 1 rings (SSSR count). The highest BCUT2D eigenvalue weighted by atomic mass is 16.3. The van der Waals surface area contributed by atoms with Crippen LogP contribution in [-0.2, 0) is 4.79 Å². The summed E-state index contributed by atoms with van der Waals surface area (Å²) in [5.41, 5.74) is 0. The maximum atomic E-state index is 11.8. The average molecular weight is 238 g/mol. The molecule has 0 radical (unpaired) electrons. The number of amides is 1. The molecule has 1 amide bonds. The zero-order valence-electron chi connectivity index (χ0n) is 11.1. The standard InChI is InChI=1S/C13H22N2O2/c1-5-15(6-2)13(16)9-14-11(4)12-8-7-10(3)17-12/h7-8,11,14H,5-6,9H2,1-4H3. The van der Waals surface area contributed by atoms with E-state index >= 15 is 0 Å². The van der Waals surface area contributed by atoms with Crippen LogP contribution in [0.3, 0.4) is 0 Å². The highest BCUT2D eigenvalue weighted by molar-refractivity contribution is 5.78. The van der Waals surface area contributed by atoms with Gasteiger partial charge < -0.3 is 9.32 Å². The lowest BCUT2D eigenvalue weighted by Crippen LogP contribution is -2.38. The first-order valence-electron chi connectivity index (χ1n) is 6.16. The molecule has 1 aromatic rings. The van der Waals surface area contributed by atoms with Crippen molar-refractivity contribution in [2.24, 2.45) is 0 Å². The van der Waals surface area contributed by atoms with Gasteiger partial charge in [-0.25, -0.2) is 0 Å². The highest BCUT2D eigenvalue weighted by Crippen LogP contribution is 2.15. The van der Waals surface area contributed by atoms with Crippen LogP contribution in [0.1, 0.15) is 38.3 Å². The van der Waals surface area contributed by atoms with Crippen molar-refractivity contribution in [2.75, 3.05) is 19.6 Å². The van der Waals surface area contributed by atoms with E-state index in [9.17, 15) is 4.79 Å². The topological polar surface area (TPSA) is 45.5 Å². The minimum atomic E-state index is 0.0585. The monoisotopic (exact) mass is 238 g/mol. The smallest absolute Gasteiger partial charge is 0.236 e. The van der Waals surface area contributed by atoms with Crippen molar-refractivity contribution >= 4 is 5.91 Å². The summed E-state index contributed by atoms with van der Waals surface area (Å²) in [6.07, 6.45) is 0. The molecule has 96 valence electrons. The lowest BCUT2D eigenvalue weighted by molar-refractivity contribution is -0.130. The van der Waals surface area contributed by atoms with Gasteiger partial charge in [-0.1, -0.05) is 0 Å². The molecule has 17 heavy (non-hydrogen) atoms. The second-order valence-electron chi connectivity index (χ2n) is 4.12. The Hall–Kier alpha value is -1.29. The maximum absolute atomic E-state index is 11.8. The third-order valence-electron chi connectivity index (χ3n) is 2.86. The van der Waals surface area contributed by atoms with Gasteiger partial charge >= 0.3 is 0 Å². The summed E-state index contributed by atoms with van der Waals surface area (Å²) in [5.74, 6) is 1.89. The Bertz CT molecular complexity index is 356. The summed E-state index contributed by atoms with van der Waals surface area (Å²) in [6.45, 7) is 9.74. The molecule has 0 bridgehead atoms. The molecule has 0 aromatic carbocycles. The lowest BCUT2D eigenvalue weighted by atomic mass is 10.2. The number of rotatable bonds is 6. The van der Waals surface area contributed by atoms with Crippen molar-refractivity contribution in [3.63, 3.8) is 0 Å². The zero-order chi connectivity index (χ0) is 12.8. The molecule has 0 aliphatic heterocycles. The second-order valence-corrected chi connectivity index (χ2v) is 4.12. The second kappa shape index (κ2) is 6.45. The van der Waals surface area contributed by atoms with Crippen LogP contribution < -0.4 is 5.32 Å². The highest BCUT2D eigenvalue weighted by Gasteiger charge is 2.13. The summed E-state index contributed by atoms with van der Waals surface area (Å²) >= 11 is 0. The quantitative estimate of drug-likeness (QED) is 0.825. The fourth-order valence-corrected chi connectivity index (χ4v) is 1.72.